The van der Waals surface area contributed by atoms with Crippen LogP contribution in [0.2, 0.25) is 0 Å². The van der Waals surface area contributed by atoms with Crippen LogP contribution in [0.15, 0.2) is 60.7 Å². The molecular weight excluding hydrogens is 538 g/mol. The maximum atomic E-state index is 14.6. The predicted molar refractivity (Wildman–Crippen MR) is 165 cm³/mol. The molecule has 0 radical (unpaired) electrons. The number of carbonyl (C=O) groups is 2. The molecule has 7 nitrogen and oxygen atoms in total. The van der Waals surface area contributed by atoms with Gasteiger partial charge in [-0.25, -0.2) is 9.59 Å². The molecule has 2 atom stereocenters. The van der Waals surface area contributed by atoms with Crippen LogP contribution in [0.5, 0.6) is 0 Å². The molecular formula is C36H48N3O4+. The molecule has 7 heteroatoms. The number of ether oxygens (including phenoxy) is 2. The summed E-state index contributed by atoms with van der Waals surface area (Å²) in [6.07, 6.45) is 12.0. The normalized spacial score (nSPS) is 27.7. The van der Waals surface area contributed by atoms with E-state index in [1.165, 1.54) is 62.5 Å². The second-order valence-electron chi connectivity index (χ2n) is 13.7. The lowest BCUT2D eigenvalue weighted by Gasteiger charge is -2.47. The van der Waals surface area contributed by atoms with E-state index in [4.69, 9.17) is 9.47 Å². The summed E-state index contributed by atoms with van der Waals surface area (Å²) in [5.74, 6) is -0.472. The molecule has 5 aliphatic rings. The van der Waals surface area contributed by atoms with Crippen molar-refractivity contribution in [3.63, 3.8) is 0 Å². The molecule has 5 aliphatic heterocycles. The lowest BCUT2D eigenvalue weighted by molar-refractivity contribution is -0.956. The Balaban J connectivity index is 1.14. The van der Waals surface area contributed by atoms with Crippen LogP contribution in [0.3, 0.4) is 0 Å². The Hall–Kier alpha value is -2.90. The molecule has 0 saturated carbocycles. The van der Waals surface area contributed by atoms with Crippen molar-refractivity contribution < 1.29 is 23.5 Å². The summed E-state index contributed by atoms with van der Waals surface area (Å²) in [7, 11) is 0. The van der Waals surface area contributed by atoms with Gasteiger partial charge in [0.05, 0.1) is 25.2 Å². The molecule has 7 rings (SSSR count). The highest BCUT2D eigenvalue weighted by molar-refractivity contribution is 5.89. The van der Waals surface area contributed by atoms with Crippen LogP contribution >= 0.6 is 0 Å². The number of carbonyl (C=O) groups excluding carboxylic acids is 2. The lowest BCUT2D eigenvalue weighted by Crippen LogP contribution is -2.60. The molecule has 1 spiro atoms. The van der Waals surface area contributed by atoms with Gasteiger partial charge in [0.25, 0.3) is 5.60 Å². The number of nitrogens with zero attached hydrogens (tertiary/aromatic N) is 3. The van der Waals surface area contributed by atoms with Crippen molar-refractivity contribution in [1.29, 1.82) is 0 Å². The first kappa shape index (κ1) is 28.8. The zero-order chi connectivity index (χ0) is 29.3. The fourth-order valence-corrected chi connectivity index (χ4v) is 9.34. The lowest BCUT2D eigenvalue weighted by atomic mass is 9.85. The first-order valence-electron chi connectivity index (χ1n) is 17.0. The topological polar surface area (TPSA) is 59.1 Å². The summed E-state index contributed by atoms with van der Waals surface area (Å²) in [6.45, 7) is 6.16. The summed E-state index contributed by atoms with van der Waals surface area (Å²) >= 11 is 0. The van der Waals surface area contributed by atoms with Gasteiger partial charge < -0.3 is 23.8 Å². The number of likely N-dealkylation sites (tertiary alicyclic amines) is 2. The SMILES string of the molecule is O=C(OC(C(=O)OC1CC2CCC(C1)[N+]21CCCC1)(c1ccccc1)c1ccccc1)N1CCC(N2CCCCC2)CC1. The maximum Gasteiger partial charge on any atom is 0.411 e. The number of esters is 1. The molecule has 0 aromatic heterocycles. The smallest absolute Gasteiger partial charge is 0.411 e. The average molecular weight is 587 g/mol. The minimum atomic E-state index is -1.67. The second-order valence-corrected chi connectivity index (χ2v) is 13.7. The van der Waals surface area contributed by atoms with Gasteiger partial charge in [-0.3, -0.25) is 0 Å². The highest BCUT2D eigenvalue weighted by Crippen LogP contribution is 2.47. The van der Waals surface area contributed by atoms with Gasteiger partial charge in [-0.15, -0.1) is 0 Å². The minimum Gasteiger partial charge on any atom is -0.458 e. The van der Waals surface area contributed by atoms with Crippen molar-refractivity contribution in [1.82, 2.24) is 9.80 Å². The van der Waals surface area contributed by atoms with E-state index in [2.05, 4.69) is 4.90 Å². The fraction of sp³-hybridized carbons (Fsp3) is 0.611. The standard InChI is InChI=1S/C36H48N3O4/c40-34(42-33-26-31-16-17-32(27-33)39(31)24-10-11-25-39)36(28-12-4-1-5-13-28,29-14-6-2-7-15-29)43-35(41)38-22-18-30(19-23-38)37-20-8-3-9-21-37/h1-2,4-7,12-15,30-33H,3,8-11,16-27H2/q+1. The summed E-state index contributed by atoms with van der Waals surface area (Å²) in [5.41, 5.74) is -0.408. The first-order valence-corrected chi connectivity index (χ1v) is 17.0. The largest absolute Gasteiger partial charge is 0.458 e. The Morgan fingerprint density at radius 1 is 0.698 bits per heavy atom. The third-order valence-corrected chi connectivity index (χ3v) is 11.5. The van der Waals surface area contributed by atoms with Gasteiger partial charge >= 0.3 is 12.1 Å². The van der Waals surface area contributed by atoms with E-state index < -0.39 is 17.7 Å². The summed E-state index contributed by atoms with van der Waals surface area (Å²) in [5, 5.41) is 0. The van der Waals surface area contributed by atoms with Gasteiger partial charge in [-0.1, -0.05) is 67.1 Å². The molecule has 2 unspecified atom stereocenters. The Kier molecular flexibility index (Phi) is 8.21. The number of amides is 1. The van der Waals surface area contributed by atoms with E-state index >= 15 is 0 Å². The number of hydrogen-bond donors (Lipinski definition) is 0. The fourth-order valence-electron chi connectivity index (χ4n) is 9.34. The van der Waals surface area contributed by atoms with Crippen LogP contribution in [0.25, 0.3) is 0 Å². The third kappa shape index (κ3) is 5.37. The highest BCUT2D eigenvalue weighted by Gasteiger charge is 2.57. The predicted octanol–water partition coefficient (Wildman–Crippen LogP) is 5.86. The Labute approximate surface area is 256 Å². The second kappa shape index (κ2) is 12.2. The van der Waals surface area contributed by atoms with Gasteiger partial charge in [0.1, 0.15) is 6.10 Å². The summed E-state index contributed by atoms with van der Waals surface area (Å²) in [6, 6.07) is 20.7. The van der Waals surface area contributed by atoms with Crippen LogP contribution in [0.4, 0.5) is 4.79 Å². The van der Waals surface area contributed by atoms with E-state index in [-0.39, 0.29) is 6.10 Å². The Bertz CT molecular complexity index is 1190. The first-order chi connectivity index (χ1) is 21.1. The van der Waals surface area contributed by atoms with Crippen molar-refractivity contribution in [3.8, 4) is 0 Å². The average Bonchev–Trinajstić information content (AvgIpc) is 3.61. The van der Waals surface area contributed by atoms with E-state index in [9.17, 15) is 9.59 Å². The summed E-state index contributed by atoms with van der Waals surface area (Å²) in [4.78, 5) is 33.0. The Morgan fingerprint density at radius 2 is 1.26 bits per heavy atom. The monoisotopic (exact) mass is 586 g/mol. The molecule has 2 aromatic rings. The van der Waals surface area contributed by atoms with Crippen LogP contribution in [-0.4, -0.2) is 89.8 Å². The molecule has 5 heterocycles. The van der Waals surface area contributed by atoms with Crippen LogP contribution in [-0.2, 0) is 19.9 Å². The van der Waals surface area contributed by atoms with Crippen molar-refractivity contribution in [2.75, 3.05) is 39.3 Å². The van der Waals surface area contributed by atoms with Gasteiger partial charge in [-0.05, 0) is 38.8 Å². The number of piperidine rings is 3. The number of hydrogen-bond acceptors (Lipinski definition) is 5. The van der Waals surface area contributed by atoms with Crippen molar-refractivity contribution in [3.05, 3.63) is 71.8 Å². The molecule has 43 heavy (non-hydrogen) atoms. The molecule has 230 valence electrons. The molecule has 5 saturated heterocycles. The van der Waals surface area contributed by atoms with Crippen LogP contribution in [0.1, 0.15) is 81.8 Å². The van der Waals surface area contributed by atoms with Gasteiger partial charge in [0.2, 0.25) is 0 Å². The molecule has 0 aliphatic carbocycles. The van der Waals surface area contributed by atoms with E-state index in [1.54, 1.807) is 4.90 Å². The highest BCUT2D eigenvalue weighted by atomic mass is 16.6. The van der Waals surface area contributed by atoms with Gasteiger partial charge in [0, 0.05) is 68.8 Å². The van der Waals surface area contributed by atoms with Crippen molar-refractivity contribution in [2.45, 2.75) is 100 Å². The zero-order valence-corrected chi connectivity index (χ0v) is 25.6. The van der Waals surface area contributed by atoms with E-state index in [1.807, 2.05) is 60.7 Å². The third-order valence-electron chi connectivity index (χ3n) is 11.5. The van der Waals surface area contributed by atoms with Gasteiger partial charge in [-0.2, -0.15) is 0 Å². The minimum absolute atomic E-state index is 0.153. The number of quaternary nitrogens is 1. The quantitative estimate of drug-likeness (QED) is 0.313. The van der Waals surface area contributed by atoms with Crippen LogP contribution in [0, 0.1) is 0 Å². The molecule has 2 bridgehead atoms. The van der Waals surface area contributed by atoms with E-state index in [0.717, 1.165) is 38.8 Å². The zero-order valence-electron chi connectivity index (χ0n) is 25.6. The van der Waals surface area contributed by atoms with Crippen LogP contribution < -0.4 is 0 Å². The van der Waals surface area contributed by atoms with Crippen molar-refractivity contribution >= 4 is 12.1 Å². The van der Waals surface area contributed by atoms with Crippen molar-refractivity contribution in [2.24, 2.45) is 0 Å². The summed E-state index contributed by atoms with van der Waals surface area (Å²) < 4.78 is 14.2. The molecule has 2 aromatic carbocycles. The number of rotatable bonds is 6. The van der Waals surface area contributed by atoms with E-state index in [0.29, 0.717) is 42.3 Å². The molecule has 1 amide bonds. The molecule has 5 fully saturated rings. The van der Waals surface area contributed by atoms with Gasteiger partial charge in [0.15, 0.2) is 0 Å². The maximum absolute atomic E-state index is 14.6. The molecule has 0 N–H and O–H groups in total. The Morgan fingerprint density at radius 3 is 1.81 bits per heavy atom. The number of benzene rings is 2.